The van der Waals surface area contributed by atoms with Crippen LogP contribution < -0.4 is 11.1 Å². The highest BCUT2D eigenvalue weighted by atomic mass is 32.2. The Morgan fingerprint density at radius 3 is 3.00 bits per heavy atom. The predicted molar refractivity (Wildman–Crippen MR) is 85.4 cm³/mol. The van der Waals surface area contributed by atoms with Crippen LogP contribution in [0.4, 0.5) is 10.8 Å². The predicted octanol–water partition coefficient (Wildman–Crippen LogP) is 2.40. The van der Waals surface area contributed by atoms with Gasteiger partial charge in [0.25, 0.3) is 0 Å². The van der Waals surface area contributed by atoms with Crippen LogP contribution in [-0.4, -0.2) is 26.8 Å². The van der Waals surface area contributed by atoms with E-state index in [0.717, 1.165) is 10.9 Å². The molecule has 2 heterocycles. The zero-order chi connectivity index (χ0) is 14.7. The fraction of sp³-hybridized carbons (Fsp3) is 0.0769. The lowest BCUT2D eigenvalue weighted by Crippen LogP contribution is -2.14. The minimum Gasteiger partial charge on any atom is -0.374 e. The number of rotatable bonds is 4. The molecule has 3 rings (SSSR count). The van der Waals surface area contributed by atoms with Crippen molar-refractivity contribution in [3.05, 3.63) is 36.5 Å². The molecule has 0 fully saturated rings. The van der Waals surface area contributed by atoms with E-state index in [4.69, 9.17) is 5.73 Å². The third-order valence-corrected chi connectivity index (χ3v) is 4.51. The van der Waals surface area contributed by atoms with Gasteiger partial charge in [0.1, 0.15) is 0 Å². The molecule has 106 valence electrons. The second kappa shape index (κ2) is 6.06. The zero-order valence-corrected chi connectivity index (χ0v) is 12.4. The maximum atomic E-state index is 11.9. The van der Waals surface area contributed by atoms with Gasteiger partial charge in [0, 0.05) is 5.39 Å². The van der Waals surface area contributed by atoms with Gasteiger partial charge in [0.15, 0.2) is 4.34 Å². The van der Waals surface area contributed by atoms with Crippen LogP contribution in [-0.2, 0) is 4.79 Å². The summed E-state index contributed by atoms with van der Waals surface area (Å²) in [5.41, 5.74) is 7.06. The molecule has 0 spiro atoms. The van der Waals surface area contributed by atoms with Gasteiger partial charge in [-0.1, -0.05) is 41.3 Å². The maximum absolute atomic E-state index is 11.9. The largest absolute Gasteiger partial charge is 0.374 e. The molecule has 0 saturated heterocycles. The Morgan fingerprint density at radius 2 is 2.19 bits per heavy atom. The summed E-state index contributed by atoms with van der Waals surface area (Å²) in [6, 6.07) is 9.64. The average Bonchev–Trinajstić information content (AvgIpc) is 2.91. The summed E-state index contributed by atoms with van der Waals surface area (Å²) in [4.78, 5) is 16.2. The van der Waals surface area contributed by atoms with Crippen LogP contribution in [0.3, 0.4) is 0 Å². The fourth-order valence-corrected chi connectivity index (χ4v) is 3.18. The van der Waals surface area contributed by atoms with Crippen LogP contribution in [0.15, 0.2) is 40.9 Å². The standard InChI is InChI=1S/C13H11N5OS2/c14-12-17-18-13(21-12)20-7-11(19)16-9-5-8-3-1-2-4-10(8)15-6-9/h1-6H,7H2,(H2,14,17)(H,16,19). The average molecular weight is 317 g/mol. The van der Waals surface area contributed by atoms with E-state index in [1.54, 1.807) is 6.20 Å². The number of amides is 1. The molecule has 3 aromatic rings. The Kier molecular flexibility index (Phi) is 3.98. The van der Waals surface area contributed by atoms with Crippen molar-refractivity contribution >= 4 is 50.7 Å². The van der Waals surface area contributed by atoms with E-state index in [0.29, 0.717) is 15.2 Å². The van der Waals surface area contributed by atoms with Crippen molar-refractivity contribution in [2.45, 2.75) is 4.34 Å². The van der Waals surface area contributed by atoms with E-state index >= 15 is 0 Å². The number of nitrogens with zero attached hydrogens (tertiary/aromatic N) is 3. The first kappa shape index (κ1) is 13.8. The quantitative estimate of drug-likeness (QED) is 0.718. The van der Waals surface area contributed by atoms with Crippen molar-refractivity contribution in [3.63, 3.8) is 0 Å². The SMILES string of the molecule is Nc1nnc(SCC(=O)Nc2cnc3ccccc3c2)s1. The second-order valence-electron chi connectivity index (χ2n) is 4.16. The highest BCUT2D eigenvalue weighted by Crippen LogP contribution is 2.23. The monoisotopic (exact) mass is 317 g/mol. The van der Waals surface area contributed by atoms with Crippen molar-refractivity contribution in [2.24, 2.45) is 0 Å². The number of thioether (sulfide) groups is 1. The molecular weight excluding hydrogens is 306 g/mol. The van der Waals surface area contributed by atoms with Gasteiger partial charge in [-0.2, -0.15) is 0 Å². The van der Waals surface area contributed by atoms with Crippen molar-refractivity contribution in [1.82, 2.24) is 15.2 Å². The van der Waals surface area contributed by atoms with E-state index in [1.165, 1.54) is 23.1 Å². The number of fused-ring (bicyclic) bond motifs is 1. The number of anilines is 2. The molecule has 0 bridgehead atoms. The summed E-state index contributed by atoms with van der Waals surface area (Å²) in [5.74, 6) is 0.132. The fourth-order valence-electron chi connectivity index (χ4n) is 1.74. The van der Waals surface area contributed by atoms with Gasteiger partial charge in [0.05, 0.1) is 23.2 Å². The molecular formula is C13H11N5OS2. The molecule has 0 radical (unpaired) electrons. The Balaban J connectivity index is 1.63. The number of hydrogen-bond acceptors (Lipinski definition) is 7. The first-order chi connectivity index (χ1) is 10.2. The van der Waals surface area contributed by atoms with Crippen LogP contribution in [0.25, 0.3) is 10.9 Å². The van der Waals surface area contributed by atoms with E-state index in [2.05, 4.69) is 20.5 Å². The van der Waals surface area contributed by atoms with Crippen molar-refractivity contribution in [1.29, 1.82) is 0 Å². The van der Waals surface area contributed by atoms with Crippen molar-refractivity contribution < 1.29 is 4.79 Å². The van der Waals surface area contributed by atoms with Gasteiger partial charge in [-0.15, -0.1) is 10.2 Å². The molecule has 2 aromatic heterocycles. The van der Waals surface area contributed by atoms with E-state index in [9.17, 15) is 4.79 Å². The second-order valence-corrected chi connectivity index (χ2v) is 6.39. The van der Waals surface area contributed by atoms with Gasteiger partial charge in [-0.05, 0) is 12.1 Å². The number of carbonyl (C=O) groups excluding carboxylic acids is 1. The molecule has 0 aliphatic rings. The van der Waals surface area contributed by atoms with E-state index in [1.807, 2.05) is 30.3 Å². The topological polar surface area (TPSA) is 93.8 Å². The molecule has 0 aliphatic carbocycles. The number of para-hydroxylation sites is 1. The first-order valence-corrected chi connectivity index (χ1v) is 7.87. The van der Waals surface area contributed by atoms with Crippen LogP contribution in [0, 0.1) is 0 Å². The highest BCUT2D eigenvalue weighted by Gasteiger charge is 2.07. The summed E-state index contributed by atoms with van der Waals surface area (Å²) < 4.78 is 0.680. The lowest BCUT2D eigenvalue weighted by Gasteiger charge is -2.05. The number of nitrogens with two attached hydrogens (primary N) is 1. The molecule has 0 atom stereocenters. The van der Waals surface area contributed by atoms with Crippen LogP contribution >= 0.6 is 23.1 Å². The van der Waals surface area contributed by atoms with Crippen LogP contribution in [0.1, 0.15) is 0 Å². The van der Waals surface area contributed by atoms with Crippen molar-refractivity contribution in [2.75, 3.05) is 16.8 Å². The Morgan fingerprint density at radius 1 is 1.33 bits per heavy atom. The Labute approximate surface area is 128 Å². The molecule has 0 aliphatic heterocycles. The van der Waals surface area contributed by atoms with E-state index < -0.39 is 0 Å². The van der Waals surface area contributed by atoms with Gasteiger partial charge in [-0.25, -0.2) is 0 Å². The smallest absolute Gasteiger partial charge is 0.234 e. The molecule has 0 saturated carbocycles. The summed E-state index contributed by atoms with van der Waals surface area (Å²) in [7, 11) is 0. The number of pyridine rings is 1. The van der Waals surface area contributed by atoms with Gasteiger partial charge in [0.2, 0.25) is 11.0 Å². The Bertz CT molecular complexity index is 789. The summed E-state index contributed by atoms with van der Waals surface area (Å²) in [5, 5.41) is 11.7. The zero-order valence-electron chi connectivity index (χ0n) is 10.8. The third-order valence-electron chi connectivity index (χ3n) is 2.62. The lowest BCUT2D eigenvalue weighted by molar-refractivity contribution is -0.113. The van der Waals surface area contributed by atoms with Gasteiger partial charge in [-0.3, -0.25) is 9.78 Å². The molecule has 8 heteroatoms. The summed E-state index contributed by atoms with van der Waals surface area (Å²) >= 11 is 2.57. The number of aromatic nitrogens is 3. The number of nitrogens with one attached hydrogen (secondary N) is 1. The van der Waals surface area contributed by atoms with Gasteiger partial charge >= 0.3 is 0 Å². The Hall–Kier alpha value is -2.19. The number of hydrogen-bond donors (Lipinski definition) is 2. The molecule has 1 amide bonds. The summed E-state index contributed by atoms with van der Waals surface area (Å²) in [6.07, 6.45) is 1.65. The molecule has 6 nitrogen and oxygen atoms in total. The number of carbonyl (C=O) groups is 1. The summed E-state index contributed by atoms with van der Waals surface area (Å²) in [6.45, 7) is 0. The normalized spacial score (nSPS) is 10.7. The molecule has 3 N–H and O–H groups in total. The molecule has 0 unspecified atom stereocenters. The molecule has 21 heavy (non-hydrogen) atoms. The minimum atomic E-state index is -0.120. The van der Waals surface area contributed by atoms with Gasteiger partial charge < -0.3 is 11.1 Å². The number of benzene rings is 1. The minimum absolute atomic E-state index is 0.120. The van der Waals surface area contributed by atoms with Crippen LogP contribution in [0.2, 0.25) is 0 Å². The van der Waals surface area contributed by atoms with Crippen molar-refractivity contribution in [3.8, 4) is 0 Å². The third kappa shape index (κ3) is 3.47. The maximum Gasteiger partial charge on any atom is 0.234 e. The first-order valence-electron chi connectivity index (χ1n) is 6.07. The lowest BCUT2D eigenvalue weighted by atomic mass is 10.2. The molecule has 1 aromatic carbocycles. The van der Waals surface area contributed by atoms with E-state index in [-0.39, 0.29) is 11.7 Å². The number of nitrogen functional groups attached to an aromatic ring is 1. The highest BCUT2D eigenvalue weighted by molar-refractivity contribution is 8.01. The van der Waals surface area contributed by atoms with Crippen LogP contribution in [0.5, 0.6) is 0 Å².